The molecule has 11 rings (SSSR count). The summed E-state index contributed by atoms with van der Waals surface area (Å²) < 4.78 is 2.39. The molecule has 1 nitrogen and oxygen atoms in total. The van der Waals surface area contributed by atoms with Crippen LogP contribution >= 0.6 is 0 Å². The van der Waals surface area contributed by atoms with Crippen molar-refractivity contribution in [2.24, 2.45) is 0 Å². The minimum Gasteiger partial charge on any atom is -0.309 e. The van der Waals surface area contributed by atoms with Crippen LogP contribution in [0.15, 0.2) is 188 Å². The van der Waals surface area contributed by atoms with Crippen LogP contribution in [0.3, 0.4) is 0 Å². The number of rotatable bonds is 3. The maximum absolute atomic E-state index is 2.43. The van der Waals surface area contributed by atoms with Crippen LogP contribution in [0.1, 0.15) is 0 Å². The molecule has 0 fully saturated rings. The first-order chi connectivity index (χ1) is 25.3. The minimum absolute atomic E-state index is 1.16. The summed E-state index contributed by atoms with van der Waals surface area (Å²) in [6.07, 6.45) is 0. The molecule has 1 aromatic heterocycles. The molecule has 0 N–H and O–H groups in total. The van der Waals surface area contributed by atoms with E-state index in [0.717, 1.165) is 5.69 Å². The summed E-state index contributed by atoms with van der Waals surface area (Å²) in [5.74, 6) is 0. The van der Waals surface area contributed by atoms with Gasteiger partial charge < -0.3 is 4.57 Å². The number of aromatic nitrogens is 1. The van der Waals surface area contributed by atoms with E-state index in [2.05, 4.69) is 193 Å². The number of fused-ring (bicyclic) bond motifs is 11. The number of benzene rings is 10. The van der Waals surface area contributed by atoms with Gasteiger partial charge in [0, 0.05) is 16.5 Å². The number of nitrogens with zero attached hydrogens (tertiary/aromatic N) is 1. The third-order valence-electron chi connectivity index (χ3n) is 11.0. The number of para-hydroxylation sites is 2. The van der Waals surface area contributed by atoms with Crippen molar-refractivity contribution in [3.05, 3.63) is 188 Å². The maximum Gasteiger partial charge on any atom is 0.0541 e. The van der Waals surface area contributed by atoms with Crippen LogP contribution in [-0.2, 0) is 0 Å². The van der Waals surface area contributed by atoms with E-state index in [1.54, 1.807) is 0 Å². The van der Waals surface area contributed by atoms with Crippen LogP contribution in [-0.4, -0.2) is 4.57 Å². The molecule has 0 saturated carbocycles. The first-order valence-corrected chi connectivity index (χ1v) is 17.7. The Hall–Kier alpha value is -6.70. The molecular weight excluding hydrogens is 615 g/mol. The molecule has 0 radical (unpaired) electrons. The van der Waals surface area contributed by atoms with Crippen LogP contribution in [0.2, 0.25) is 0 Å². The zero-order chi connectivity index (χ0) is 33.5. The highest BCUT2D eigenvalue weighted by molar-refractivity contribution is 6.27. The van der Waals surface area contributed by atoms with Crippen molar-refractivity contribution in [2.45, 2.75) is 0 Å². The molecule has 0 bridgehead atoms. The smallest absolute Gasteiger partial charge is 0.0541 e. The van der Waals surface area contributed by atoms with E-state index in [4.69, 9.17) is 0 Å². The predicted octanol–water partition coefficient (Wildman–Crippen LogP) is 13.9. The molecule has 0 aliphatic carbocycles. The fourth-order valence-electron chi connectivity index (χ4n) is 8.79. The van der Waals surface area contributed by atoms with Crippen molar-refractivity contribution in [1.82, 2.24) is 4.57 Å². The summed E-state index contributed by atoms with van der Waals surface area (Å²) >= 11 is 0. The quantitative estimate of drug-likeness (QED) is 0.133. The van der Waals surface area contributed by atoms with Crippen molar-refractivity contribution < 1.29 is 0 Å². The summed E-state index contributed by atoms with van der Waals surface area (Å²) in [6, 6.07) is 69.3. The fourth-order valence-corrected chi connectivity index (χ4v) is 8.79. The summed E-state index contributed by atoms with van der Waals surface area (Å²) in [6.45, 7) is 0. The second kappa shape index (κ2) is 10.9. The van der Waals surface area contributed by atoms with Gasteiger partial charge in [-0.25, -0.2) is 0 Å². The molecule has 0 spiro atoms. The van der Waals surface area contributed by atoms with E-state index in [0.29, 0.717) is 0 Å². The van der Waals surface area contributed by atoms with Crippen molar-refractivity contribution in [3.63, 3.8) is 0 Å². The van der Waals surface area contributed by atoms with Crippen LogP contribution in [0.4, 0.5) is 0 Å². The van der Waals surface area contributed by atoms with Gasteiger partial charge >= 0.3 is 0 Å². The summed E-state index contributed by atoms with van der Waals surface area (Å²) in [5.41, 5.74) is 8.63. The normalized spacial score (nSPS) is 11.9. The molecular formula is C50H31N. The first-order valence-electron chi connectivity index (χ1n) is 17.7. The largest absolute Gasteiger partial charge is 0.309 e. The monoisotopic (exact) mass is 645 g/mol. The van der Waals surface area contributed by atoms with E-state index in [1.165, 1.54) is 97.9 Å². The standard InChI is InChI=1S/C50H31N/c1-2-15-37-35(13-1)36-14-3-4-16-38(36)46-31-33(27-30-39(37)46)50-44-21-7-5-19-42(44)49(43-20-6-8-22-45(43)50)32-25-28-34(29-26-32)51-47-23-11-9-17-40(47)41-18-10-12-24-48(41)51/h1-31H. The Balaban J connectivity index is 1.15. The van der Waals surface area contributed by atoms with Gasteiger partial charge in [-0.1, -0.05) is 158 Å². The Bertz CT molecular complexity index is 3030. The van der Waals surface area contributed by atoms with E-state index < -0.39 is 0 Å². The Morgan fingerprint density at radius 3 is 1.04 bits per heavy atom. The van der Waals surface area contributed by atoms with Crippen LogP contribution < -0.4 is 0 Å². The lowest BCUT2D eigenvalue weighted by Gasteiger charge is -2.19. The van der Waals surface area contributed by atoms with Gasteiger partial charge in [-0.2, -0.15) is 0 Å². The van der Waals surface area contributed by atoms with E-state index in [-0.39, 0.29) is 0 Å². The molecule has 0 unspecified atom stereocenters. The molecule has 51 heavy (non-hydrogen) atoms. The molecule has 0 aliphatic rings. The van der Waals surface area contributed by atoms with Crippen LogP contribution in [0, 0.1) is 0 Å². The van der Waals surface area contributed by atoms with Crippen molar-refractivity contribution >= 4 is 75.7 Å². The van der Waals surface area contributed by atoms with Gasteiger partial charge in [0.05, 0.1) is 11.0 Å². The van der Waals surface area contributed by atoms with Crippen molar-refractivity contribution in [2.75, 3.05) is 0 Å². The molecule has 0 atom stereocenters. The zero-order valence-electron chi connectivity index (χ0n) is 27.8. The summed E-state index contributed by atoms with van der Waals surface area (Å²) in [7, 11) is 0. The molecule has 0 saturated heterocycles. The van der Waals surface area contributed by atoms with Gasteiger partial charge in [-0.3, -0.25) is 0 Å². The van der Waals surface area contributed by atoms with E-state index in [9.17, 15) is 0 Å². The van der Waals surface area contributed by atoms with Gasteiger partial charge in [-0.15, -0.1) is 0 Å². The highest BCUT2D eigenvalue weighted by Crippen LogP contribution is 2.45. The fraction of sp³-hybridized carbons (Fsp3) is 0. The third-order valence-corrected chi connectivity index (χ3v) is 11.0. The van der Waals surface area contributed by atoms with Crippen molar-refractivity contribution in [1.29, 1.82) is 0 Å². The summed E-state index contributed by atoms with van der Waals surface area (Å²) in [5, 5.41) is 15.4. The maximum atomic E-state index is 2.43. The molecule has 10 aromatic carbocycles. The lowest BCUT2D eigenvalue weighted by atomic mass is 9.85. The van der Waals surface area contributed by atoms with Gasteiger partial charge in [0.15, 0.2) is 0 Å². The average Bonchev–Trinajstić information content (AvgIpc) is 3.54. The molecule has 0 amide bonds. The molecule has 0 aliphatic heterocycles. The number of hydrogen-bond donors (Lipinski definition) is 0. The highest BCUT2D eigenvalue weighted by Gasteiger charge is 2.18. The number of hydrogen-bond acceptors (Lipinski definition) is 0. The first kappa shape index (κ1) is 28.2. The highest BCUT2D eigenvalue weighted by atomic mass is 15.0. The zero-order valence-corrected chi connectivity index (χ0v) is 27.8. The lowest BCUT2D eigenvalue weighted by Crippen LogP contribution is -1.94. The Labute approximate surface area is 295 Å². The Morgan fingerprint density at radius 1 is 0.235 bits per heavy atom. The van der Waals surface area contributed by atoms with Crippen molar-refractivity contribution in [3.8, 4) is 27.9 Å². The molecule has 11 aromatic rings. The van der Waals surface area contributed by atoms with Gasteiger partial charge in [0.2, 0.25) is 0 Å². The molecule has 236 valence electrons. The van der Waals surface area contributed by atoms with E-state index in [1.807, 2.05) is 0 Å². The Kier molecular flexibility index (Phi) is 6.02. The van der Waals surface area contributed by atoms with E-state index >= 15 is 0 Å². The SMILES string of the molecule is c1ccc2c(-c3ccc4c5ccccc5c5ccccc5c4c3)c3ccccc3c(-c3ccc(-n4c5ccccc5c5ccccc54)cc3)c2c1. The van der Waals surface area contributed by atoms with Gasteiger partial charge in [0.25, 0.3) is 0 Å². The minimum atomic E-state index is 1.16. The third kappa shape index (κ3) is 4.09. The second-order valence-electron chi connectivity index (χ2n) is 13.6. The molecule has 1 heteroatoms. The lowest BCUT2D eigenvalue weighted by molar-refractivity contribution is 1.18. The summed E-state index contributed by atoms with van der Waals surface area (Å²) in [4.78, 5) is 0. The predicted molar refractivity (Wildman–Crippen MR) is 219 cm³/mol. The topological polar surface area (TPSA) is 4.93 Å². The van der Waals surface area contributed by atoms with Gasteiger partial charge in [0.1, 0.15) is 0 Å². The second-order valence-corrected chi connectivity index (χ2v) is 13.6. The van der Waals surface area contributed by atoms with Crippen LogP contribution in [0.25, 0.3) is 104 Å². The van der Waals surface area contributed by atoms with Gasteiger partial charge in [-0.05, 0) is 106 Å². The Morgan fingerprint density at radius 2 is 0.569 bits per heavy atom. The van der Waals surface area contributed by atoms with Crippen LogP contribution in [0.5, 0.6) is 0 Å². The molecule has 1 heterocycles. The average molecular weight is 646 g/mol.